The van der Waals surface area contributed by atoms with Gasteiger partial charge in [-0.25, -0.2) is 18.6 Å². The molecule has 0 spiro atoms. The first-order chi connectivity index (χ1) is 19.5. The summed E-state index contributed by atoms with van der Waals surface area (Å²) < 4.78 is 94.2. The zero-order valence-corrected chi connectivity index (χ0v) is 21.4. The van der Waals surface area contributed by atoms with Crippen molar-refractivity contribution in [1.29, 1.82) is 0 Å². The molecule has 1 aliphatic heterocycles. The summed E-state index contributed by atoms with van der Waals surface area (Å²) in [5.74, 6) is -5.36. The van der Waals surface area contributed by atoms with Crippen LogP contribution in [0.2, 0.25) is 5.02 Å². The molecule has 0 unspecified atom stereocenters. The Kier molecular flexibility index (Phi) is 7.78. The zero-order chi connectivity index (χ0) is 29.3. The third-order valence-corrected chi connectivity index (χ3v) is 6.28. The Hall–Kier alpha value is -4.30. The van der Waals surface area contributed by atoms with E-state index < -0.39 is 51.7 Å². The van der Waals surface area contributed by atoms with E-state index in [2.05, 4.69) is 9.97 Å². The average Bonchev–Trinajstić information content (AvgIpc) is 2.94. The Labute approximate surface area is 232 Å². The van der Waals surface area contributed by atoms with Gasteiger partial charge in [0.1, 0.15) is 11.6 Å². The molecule has 1 fully saturated rings. The van der Waals surface area contributed by atoms with Crippen molar-refractivity contribution >= 4 is 45.9 Å². The summed E-state index contributed by atoms with van der Waals surface area (Å²) in [6.45, 7) is 2.27. The second-order valence-corrected chi connectivity index (χ2v) is 9.12. The number of amides is 2. The number of fused-ring (bicyclic) bond motifs is 1. The highest BCUT2D eigenvalue weighted by atomic mass is 35.5. The number of aromatic nitrogens is 2. The predicted octanol–water partition coefficient (Wildman–Crippen LogP) is 6.99. The van der Waals surface area contributed by atoms with Crippen molar-refractivity contribution < 1.29 is 40.6 Å². The number of rotatable bonds is 5. The van der Waals surface area contributed by atoms with Gasteiger partial charge in [0.2, 0.25) is 11.6 Å². The third kappa shape index (κ3) is 6.23. The molecule has 2 N–H and O–H groups in total. The molecule has 5 rings (SSSR count). The third-order valence-electron chi connectivity index (χ3n) is 5.95. The first kappa shape index (κ1) is 28.2. The minimum atomic E-state index is -4.80. The van der Waals surface area contributed by atoms with Crippen LogP contribution in [0.3, 0.4) is 0 Å². The SMILES string of the molecule is O=C(Nc1ccc(Cl)c(C(F)(F)F)c1)Nc1cc(F)c(Oc2ccc3ncc(N4CCOCC4)nc3c2)c(F)c1F. The predicted molar refractivity (Wildman–Crippen MR) is 138 cm³/mol. The maximum absolute atomic E-state index is 14.8. The van der Waals surface area contributed by atoms with Gasteiger partial charge in [-0.05, 0) is 30.3 Å². The molecule has 0 radical (unpaired) electrons. The molecular weight excluding hydrogens is 580 g/mol. The molecule has 0 atom stereocenters. The Morgan fingerprint density at radius 2 is 1.73 bits per heavy atom. The lowest BCUT2D eigenvalue weighted by atomic mass is 10.2. The van der Waals surface area contributed by atoms with Crippen LogP contribution in [0.15, 0.2) is 48.7 Å². The van der Waals surface area contributed by atoms with Crippen molar-refractivity contribution in [3.63, 3.8) is 0 Å². The molecule has 0 bridgehead atoms. The molecule has 1 aromatic heterocycles. The van der Waals surface area contributed by atoms with Gasteiger partial charge in [0.25, 0.3) is 0 Å². The largest absolute Gasteiger partial charge is 0.451 e. The summed E-state index contributed by atoms with van der Waals surface area (Å²) in [6, 6.07) is 5.96. The number of nitrogens with zero attached hydrogens (tertiary/aromatic N) is 3. The van der Waals surface area contributed by atoms with E-state index in [0.29, 0.717) is 55.3 Å². The first-order valence-electron chi connectivity index (χ1n) is 11.9. The summed E-state index contributed by atoms with van der Waals surface area (Å²) in [4.78, 5) is 23.0. The number of alkyl halides is 3. The molecule has 3 aromatic carbocycles. The lowest BCUT2D eigenvalue weighted by Crippen LogP contribution is -2.36. The molecule has 8 nitrogen and oxygen atoms in total. The average molecular weight is 598 g/mol. The minimum Gasteiger partial charge on any atom is -0.451 e. The van der Waals surface area contributed by atoms with E-state index in [9.17, 15) is 31.1 Å². The number of hydrogen-bond acceptors (Lipinski definition) is 6. The monoisotopic (exact) mass is 597 g/mol. The molecule has 1 aliphatic rings. The summed E-state index contributed by atoms with van der Waals surface area (Å²) in [5.41, 5.74) is -1.65. The van der Waals surface area contributed by atoms with Gasteiger partial charge in [-0.2, -0.15) is 17.6 Å². The van der Waals surface area contributed by atoms with Gasteiger partial charge in [0.05, 0.1) is 46.7 Å². The van der Waals surface area contributed by atoms with Crippen molar-refractivity contribution in [3.05, 3.63) is 76.7 Å². The highest BCUT2D eigenvalue weighted by molar-refractivity contribution is 6.31. The number of urea groups is 1. The van der Waals surface area contributed by atoms with Crippen LogP contribution in [0.4, 0.5) is 48.3 Å². The van der Waals surface area contributed by atoms with Crippen molar-refractivity contribution in [2.45, 2.75) is 6.18 Å². The number of nitrogens with one attached hydrogen (secondary N) is 2. The van der Waals surface area contributed by atoms with Gasteiger partial charge in [-0.15, -0.1) is 0 Å². The molecule has 4 aromatic rings. The fraction of sp³-hybridized carbons (Fsp3) is 0.192. The van der Waals surface area contributed by atoms with Gasteiger partial charge in [0.15, 0.2) is 11.6 Å². The van der Waals surface area contributed by atoms with Crippen LogP contribution < -0.4 is 20.3 Å². The number of anilines is 3. The number of halogens is 7. The normalized spacial score (nSPS) is 13.8. The van der Waals surface area contributed by atoms with Crippen molar-refractivity contribution in [2.75, 3.05) is 41.8 Å². The van der Waals surface area contributed by atoms with Crippen molar-refractivity contribution in [1.82, 2.24) is 9.97 Å². The van der Waals surface area contributed by atoms with Crippen LogP contribution in [0.5, 0.6) is 11.5 Å². The summed E-state index contributed by atoms with van der Waals surface area (Å²) in [5, 5.41) is 3.27. The Balaban J connectivity index is 1.33. The molecule has 2 amide bonds. The van der Waals surface area contributed by atoms with Crippen LogP contribution in [0, 0.1) is 17.5 Å². The van der Waals surface area contributed by atoms with E-state index in [1.807, 2.05) is 15.5 Å². The second kappa shape index (κ2) is 11.3. The molecule has 2 heterocycles. The number of ether oxygens (including phenoxy) is 2. The molecule has 0 saturated carbocycles. The van der Waals surface area contributed by atoms with E-state index >= 15 is 0 Å². The van der Waals surface area contributed by atoms with Gasteiger partial charge < -0.3 is 25.0 Å². The summed E-state index contributed by atoms with van der Waals surface area (Å²) in [7, 11) is 0. The fourth-order valence-electron chi connectivity index (χ4n) is 3.98. The van der Waals surface area contributed by atoms with Crippen LogP contribution in [-0.2, 0) is 10.9 Å². The van der Waals surface area contributed by atoms with Crippen LogP contribution in [0.25, 0.3) is 11.0 Å². The van der Waals surface area contributed by atoms with Gasteiger partial charge >= 0.3 is 12.2 Å². The maximum atomic E-state index is 14.8. The van der Waals surface area contributed by atoms with Crippen molar-refractivity contribution in [2.24, 2.45) is 0 Å². The van der Waals surface area contributed by atoms with Crippen LogP contribution >= 0.6 is 11.6 Å². The quantitative estimate of drug-likeness (QED) is 0.190. The topological polar surface area (TPSA) is 88.6 Å². The molecule has 15 heteroatoms. The number of morpholine rings is 1. The Bertz CT molecular complexity index is 1630. The van der Waals surface area contributed by atoms with E-state index in [4.69, 9.17) is 21.1 Å². The zero-order valence-electron chi connectivity index (χ0n) is 20.7. The Morgan fingerprint density at radius 1 is 0.976 bits per heavy atom. The fourth-order valence-corrected chi connectivity index (χ4v) is 4.20. The number of carbonyl (C=O) groups is 1. The molecular formula is C26H18ClF6N5O3. The maximum Gasteiger partial charge on any atom is 0.417 e. The molecule has 41 heavy (non-hydrogen) atoms. The standard InChI is InChI=1S/C26H18ClF6N5O3/c27-16-3-1-13(9-15(16)26(31,32)33)35-25(39)37-20-11-17(28)24(23(30)22(20)29)41-14-2-4-18-19(10-14)36-21(12-34-18)38-5-7-40-8-6-38/h1-4,9-12H,5-8H2,(H2,35,37,39). The van der Waals surface area contributed by atoms with Gasteiger partial charge in [-0.3, -0.25) is 4.98 Å². The van der Waals surface area contributed by atoms with E-state index in [0.717, 1.165) is 12.1 Å². The number of carbonyl (C=O) groups excluding carboxylic acids is 1. The van der Waals surface area contributed by atoms with Crippen LogP contribution in [0.1, 0.15) is 5.56 Å². The lowest BCUT2D eigenvalue weighted by Gasteiger charge is -2.27. The lowest BCUT2D eigenvalue weighted by molar-refractivity contribution is -0.137. The molecule has 1 saturated heterocycles. The number of hydrogen-bond donors (Lipinski definition) is 2. The summed E-state index contributed by atoms with van der Waals surface area (Å²) in [6.07, 6.45) is -3.21. The summed E-state index contributed by atoms with van der Waals surface area (Å²) >= 11 is 5.54. The van der Waals surface area contributed by atoms with E-state index in [1.165, 1.54) is 18.2 Å². The smallest absolute Gasteiger partial charge is 0.417 e. The first-order valence-corrected chi connectivity index (χ1v) is 12.3. The highest BCUT2D eigenvalue weighted by Crippen LogP contribution is 2.37. The highest BCUT2D eigenvalue weighted by Gasteiger charge is 2.33. The second-order valence-electron chi connectivity index (χ2n) is 8.71. The van der Waals surface area contributed by atoms with Crippen LogP contribution in [-0.4, -0.2) is 42.3 Å². The molecule has 214 valence electrons. The van der Waals surface area contributed by atoms with Gasteiger partial charge in [0, 0.05) is 30.9 Å². The van der Waals surface area contributed by atoms with E-state index in [-0.39, 0.29) is 11.4 Å². The molecule has 0 aliphatic carbocycles. The van der Waals surface area contributed by atoms with E-state index in [1.54, 1.807) is 6.20 Å². The van der Waals surface area contributed by atoms with Gasteiger partial charge in [-0.1, -0.05) is 11.6 Å². The van der Waals surface area contributed by atoms with Crippen molar-refractivity contribution in [3.8, 4) is 11.5 Å². The minimum absolute atomic E-state index is 0.0650. The Morgan fingerprint density at radius 3 is 2.46 bits per heavy atom. The number of benzene rings is 3.